The van der Waals surface area contributed by atoms with Gasteiger partial charge >= 0.3 is 0 Å². The average molecular weight is 335 g/mol. The fourth-order valence-corrected chi connectivity index (χ4v) is 2.73. The minimum Gasteiger partial charge on any atom is -0.493 e. The molecule has 24 heavy (non-hydrogen) atoms. The van der Waals surface area contributed by atoms with Crippen molar-refractivity contribution >= 4 is 11.8 Å². The number of carbonyl (C=O) groups is 2. The molecule has 0 saturated carbocycles. The first-order valence-electron chi connectivity index (χ1n) is 7.89. The predicted octanol–water partition coefficient (Wildman–Crippen LogP) is 0.483. The summed E-state index contributed by atoms with van der Waals surface area (Å²) in [7, 11) is 6.58. The molecule has 2 rings (SSSR count). The topological polar surface area (TPSA) is 71.1 Å². The van der Waals surface area contributed by atoms with E-state index in [0.717, 1.165) is 5.56 Å². The smallest absolute Gasteiger partial charge is 0.237 e. The zero-order chi connectivity index (χ0) is 17.7. The van der Waals surface area contributed by atoms with E-state index >= 15 is 0 Å². The highest BCUT2D eigenvalue weighted by Gasteiger charge is 2.32. The van der Waals surface area contributed by atoms with Crippen LogP contribution in [0, 0.1) is 0 Å². The Labute approximate surface area is 142 Å². The number of ether oxygens (including phenoxy) is 2. The van der Waals surface area contributed by atoms with Gasteiger partial charge in [0, 0.05) is 33.7 Å². The number of hydrogen-bond donors (Lipinski definition) is 1. The summed E-state index contributed by atoms with van der Waals surface area (Å²) in [5.41, 5.74) is 1.00. The lowest BCUT2D eigenvalue weighted by Crippen LogP contribution is -2.56. The molecule has 0 bridgehead atoms. The molecule has 7 heteroatoms. The molecule has 0 aliphatic carbocycles. The quantitative estimate of drug-likeness (QED) is 0.819. The van der Waals surface area contributed by atoms with Gasteiger partial charge in [-0.1, -0.05) is 6.07 Å². The Kier molecular flexibility index (Phi) is 6.03. The highest BCUT2D eigenvalue weighted by atomic mass is 16.5. The van der Waals surface area contributed by atoms with Crippen molar-refractivity contribution < 1.29 is 19.1 Å². The molecule has 1 unspecified atom stereocenters. The summed E-state index contributed by atoms with van der Waals surface area (Å²) in [4.78, 5) is 27.8. The van der Waals surface area contributed by atoms with Crippen LogP contribution in [0.4, 0.5) is 0 Å². The maximum Gasteiger partial charge on any atom is 0.237 e. The van der Waals surface area contributed by atoms with Crippen LogP contribution in [0.25, 0.3) is 0 Å². The second-order valence-electron chi connectivity index (χ2n) is 5.96. The number of hydrogen-bond acceptors (Lipinski definition) is 5. The summed E-state index contributed by atoms with van der Waals surface area (Å²) in [6.45, 7) is 1.85. The van der Waals surface area contributed by atoms with Crippen molar-refractivity contribution in [3.8, 4) is 11.5 Å². The van der Waals surface area contributed by atoms with Crippen molar-refractivity contribution in [2.45, 2.75) is 19.0 Å². The second-order valence-corrected chi connectivity index (χ2v) is 5.96. The molecule has 1 heterocycles. The molecule has 7 nitrogen and oxygen atoms in total. The zero-order valence-electron chi connectivity index (χ0n) is 14.7. The van der Waals surface area contributed by atoms with E-state index in [1.165, 1.54) is 4.90 Å². The third kappa shape index (κ3) is 4.17. The lowest BCUT2D eigenvalue weighted by molar-refractivity contribution is -0.137. The first kappa shape index (κ1) is 18.1. The van der Waals surface area contributed by atoms with Crippen LogP contribution < -0.4 is 14.8 Å². The first-order valence-corrected chi connectivity index (χ1v) is 7.89. The number of carbonyl (C=O) groups excluding carboxylic acids is 2. The lowest BCUT2D eigenvalue weighted by atomic mass is 10.1. The Hall–Kier alpha value is -2.28. The second kappa shape index (κ2) is 8.01. The number of benzene rings is 1. The molecule has 0 aromatic heterocycles. The molecule has 1 fully saturated rings. The van der Waals surface area contributed by atoms with Crippen molar-refractivity contribution in [2.75, 3.05) is 41.4 Å². The summed E-state index contributed by atoms with van der Waals surface area (Å²) in [6, 6.07) is 5.23. The molecular formula is C17H25N3O4. The van der Waals surface area contributed by atoms with Crippen LogP contribution in [0.1, 0.15) is 12.0 Å². The first-order chi connectivity index (χ1) is 11.5. The van der Waals surface area contributed by atoms with Gasteiger partial charge < -0.3 is 19.7 Å². The van der Waals surface area contributed by atoms with Crippen LogP contribution in [0.15, 0.2) is 18.2 Å². The van der Waals surface area contributed by atoms with Gasteiger partial charge in [-0.25, -0.2) is 0 Å². The normalized spacial score (nSPS) is 18.0. The van der Waals surface area contributed by atoms with Crippen LogP contribution in [0.5, 0.6) is 11.5 Å². The van der Waals surface area contributed by atoms with Crippen LogP contribution >= 0.6 is 0 Å². The number of nitrogens with zero attached hydrogens (tertiary/aromatic N) is 2. The molecule has 0 spiro atoms. The molecule has 1 atom stereocenters. The van der Waals surface area contributed by atoms with Gasteiger partial charge in [-0.05, 0) is 17.7 Å². The van der Waals surface area contributed by atoms with Crippen molar-refractivity contribution in [2.24, 2.45) is 0 Å². The number of nitrogens with one attached hydrogen (secondary N) is 1. The van der Waals surface area contributed by atoms with E-state index in [1.54, 1.807) is 28.3 Å². The van der Waals surface area contributed by atoms with Crippen molar-refractivity contribution in [1.29, 1.82) is 0 Å². The number of methoxy groups -OCH3 is 2. The Balaban J connectivity index is 2.16. The maximum atomic E-state index is 12.2. The summed E-state index contributed by atoms with van der Waals surface area (Å²) in [5.74, 6) is 1.15. The summed E-state index contributed by atoms with van der Waals surface area (Å²) in [5, 5.41) is 2.84. The minimum atomic E-state index is -0.457. The number of amides is 2. The SMILES string of the molecule is COc1ccc(CN2CCNC(=O)C2CC(=O)N(C)C)cc1OC. The van der Waals surface area contributed by atoms with Gasteiger partial charge in [0.25, 0.3) is 0 Å². The predicted molar refractivity (Wildman–Crippen MR) is 90.1 cm³/mol. The van der Waals surface area contributed by atoms with Gasteiger partial charge in [0.15, 0.2) is 11.5 Å². The molecule has 2 amide bonds. The van der Waals surface area contributed by atoms with Crippen LogP contribution in [-0.4, -0.2) is 69.1 Å². The number of piperazine rings is 1. The van der Waals surface area contributed by atoms with Gasteiger partial charge in [0.2, 0.25) is 11.8 Å². The Bertz CT molecular complexity index is 603. The van der Waals surface area contributed by atoms with E-state index in [1.807, 2.05) is 23.1 Å². The van der Waals surface area contributed by atoms with Gasteiger partial charge in [0.1, 0.15) is 0 Å². The highest BCUT2D eigenvalue weighted by molar-refractivity contribution is 5.88. The Morgan fingerprint density at radius 1 is 1.29 bits per heavy atom. The summed E-state index contributed by atoms with van der Waals surface area (Å²) in [6.07, 6.45) is 0.173. The van der Waals surface area contributed by atoms with E-state index in [9.17, 15) is 9.59 Å². The van der Waals surface area contributed by atoms with E-state index in [2.05, 4.69) is 5.32 Å². The fourth-order valence-electron chi connectivity index (χ4n) is 2.73. The van der Waals surface area contributed by atoms with E-state index in [4.69, 9.17) is 9.47 Å². The third-order valence-electron chi connectivity index (χ3n) is 4.14. The standard InChI is InChI=1S/C17H25N3O4/c1-19(2)16(21)10-13-17(22)18-7-8-20(13)11-12-5-6-14(23-3)15(9-12)24-4/h5-6,9,13H,7-8,10-11H2,1-4H3,(H,18,22). The van der Waals surface area contributed by atoms with E-state index < -0.39 is 6.04 Å². The van der Waals surface area contributed by atoms with Crippen LogP contribution in [0.3, 0.4) is 0 Å². The largest absolute Gasteiger partial charge is 0.493 e. The van der Waals surface area contributed by atoms with Gasteiger partial charge in [-0.3, -0.25) is 14.5 Å². The molecule has 132 valence electrons. The van der Waals surface area contributed by atoms with Crippen molar-refractivity contribution in [3.05, 3.63) is 23.8 Å². The molecule has 1 N–H and O–H groups in total. The minimum absolute atomic E-state index is 0.0608. The van der Waals surface area contributed by atoms with Crippen molar-refractivity contribution in [3.63, 3.8) is 0 Å². The average Bonchev–Trinajstić information content (AvgIpc) is 2.57. The van der Waals surface area contributed by atoms with Gasteiger partial charge in [0.05, 0.1) is 26.7 Å². The summed E-state index contributed by atoms with van der Waals surface area (Å²) >= 11 is 0. The molecule has 1 aliphatic heterocycles. The maximum absolute atomic E-state index is 12.2. The van der Waals surface area contributed by atoms with Crippen LogP contribution in [0.2, 0.25) is 0 Å². The monoisotopic (exact) mass is 335 g/mol. The fraction of sp³-hybridized carbons (Fsp3) is 0.529. The van der Waals surface area contributed by atoms with Crippen LogP contribution in [-0.2, 0) is 16.1 Å². The summed E-state index contributed by atoms with van der Waals surface area (Å²) < 4.78 is 10.6. The zero-order valence-corrected chi connectivity index (χ0v) is 14.7. The highest BCUT2D eigenvalue weighted by Crippen LogP contribution is 2.28. The van der Waals surface area contributed by atoms with E-state index in [-0.39, 0.29) is 18.2 Å². The van der Waals surface area contributed by atoms with E-state index in [0.29, 0.717) is 31.1 Å². The molecule has 0 radical (unpaired) electrons. The van der Waals surface area contributed by atoms with Gasteiger partial charge in [-0.2, -0.15) is 0 Å². The molecule has 1 aromatic rings. The Morgan fingerprint density at radius 3 is 2.62 bits per heavy atom. The van der Waals surface area contributed by atoms with Crippen molar-refractivity contribution in [1.82, 2.24) is 15.1 Å². The molecule has 1 aliphatic rings. The number of rotatable bonds is 6. The molecular weight excluding hydrogens is 310 g/mol. The third-order valence-corrected chi connectivity index (χ3v) is 4.14. The lowest BCUT2D eigenvalue weighted by Gasteiger charge is -2.35. The Morgan fingerprint density at radius 2 is 2.00 bits per heavy atom. The molecule has 1 aromatic carbocycles. The van der Waals surface area contributed by atoms with Gasteiger partial charge in [-0.15, -0.1) is 0 Å². The molecule has 1 saturated heterocycles.